The van der Waals surface area contributed by atoms with Gasteiger partial charge in [0, 0.05) is 31.0 Å². The van der Waals surface area contributed by atoms with E-state index in [1.165, 1.54) is 17.4 Å². The van der Waals surface area contributed by atoms with Crippen molar-refractivity contribution in [3.8, 4) is 11.3 Å². The minimum absolute atomic E-state index is 0. The summed E-state index contributed by atoms with van der Waals surface area (Å²) in [6, 6.07) is 15.8. The van der Waals surface area contributed by atoms with Crippen LogP contribution < -0.4 is 4.90 Å². The molecule has 0 radical (unpaired) electrons. The number of thiazole rings is 1. The smallest absolute Gasteiger partial charge is 0.282 e. The molecular formula is C22H23ClN4O4S2. The van der Waals surface area contributed by atoms with Gasteiger partial charge in [-0.25, -0.2) is 13.4 Å². The van der Waals surface area contributed by atoms with Gasteiger partial charge in [-0.1, -0.05) is 46.8 Å². The number of sulfone groups is 1. The van der Waals surface area contributed by atoms with Crippen molar-refractivity contribution >= 4 is 54.8 Å². The number of likely N-dealkylation sites (N-methyl/N-ethyl adjacent to an activating group) is 1. The Morgan fingerprint density at radius 1 is 1.06 bits per heavy atom. The maximum atomic E-state index is 13.4. The standard InChI is InChI=1S/C22H22N4O4S2.ClH/c1-25(2)11-12-26(21(27)18-14-19(30-24-18)15-7-5-4-6-8-15)22-23-17-10-9-16(32(3,28)29)13-20(17)31-22;/h4-10,13-14H,11-12H2,1-3H3;1H. The summed E-state index contributed by atoms with van der Waals surface area (Å²) in [7, 11) is 0.499. The zero-order valence-electron chi connectivity index (χ0n) is 18.3. The van der Waals surface area contributed by atoms with Crippen LogP contribution in [-0.2, 0) is 9.84 Å². The van der Waals surface area contributed by atoms with Gasteiger partial charge in [0.2, 0.25) is 0 Å². The molecule has 174 valence electrons. The van der Waals surface area contributed by atoms with E-state index in [1.54, 1.807) is 23.1 Å². The minimum Gasteiger partial charge on any atom is -0.355 e. The van der Waals surface area contributed by atoms with Crippen molar-refractivity contribution in [3.63, 3.8) is 0 Å². The van der Waals surface area contributed by atoms with E-state index in [-0.39, 0.29) is 28.9 Å². The maximum absolute atomic E-state index is 13.4. The third kappa shape index (κ3) is 5.59. The van der Waals surface area contributed by atoms with Crippen LogP contribution in [0.5, 0.6) is 0 Å². The van der Waals surface area contributed by atoms with Gasteiger partial charge in [-0.2, -0.15) is 0 Å². The van der Waals surface area contributed by atoms with E-state index >= 15 is 0 Å². The Morgan fingerprint density at radius 2 is 1.79 bits per heavy atom. The second-order valence-corrected chi connectivity index (χ2v) is 10.6. The first-order chi connectivity index (χ1) is 15.2. The Balaban J connectivity index is 0.00000306. The number of benzene rings is 2. The molecule has 2 heterocycles. The van der Waals surface area contributed by atoms with Gasteiger partial charge in [0.1, 0.15) is 0 Å². The quantitative estimate of drug-likeness (QED) is 0.374. The van der Waals surface area contributed by atoms with Crippen molar-refractivity contribution in [2.45, 2.75) is 4.90 Å². The summed E-state index contributed by atoms with van der Waals surface area (Å²) in [6.07, 6.45) is 1.16. The molecule has 0 atom stereocenters. The topological polar surface area (TPSA) is 96.6 Å². The number of rotatable bonds is 7. The molecule has 0 fully saturated rings. The van der Waals surface area contributed by atoms with Crippen LogP contribution in [0.15, 0.2) is 64.0 Å². The zero-order valence-corrected chi connectivity index (χ0v) is 20.7. The lowest BCUT2D eigenvalue weighted by atomic mass is 10.1. The van der Waals surface area contributed by atoms with Gasteiger partial charge < -0.3 is 9.42 Å². The molecule has 2 aromatic carbocycles. The summed E-state index contributed by atoms with van der Waals surface area (Å²) in [5.74, 6) is 0.170. The SMILES string of the molecule is CN(C)CCN(C(=O)c1cc(-c2ccccc2)on1)c1nc2ccc(S(C)(=O)=O)cc2s1.Cl. The average Bonchev–Trinajstić information content (AvgIpc) is 3.40. The number of hydrogen-bond acceptors (Lipinski definition) is 8. The number of fused-ring (bicyclic) bond motifs is 1. The van der Waals surface area contributed by atoms with Crippen LogP contribution in [0.3, 0.4) is 0 Å². The van der Waals surface area contributed by atoms with Crippen LogP contribution in [0.1, 0.15) is 10.5 Å². The van der Waals surface area contributed by atoms with Crippen LogP contribution in [0.2, 0.25) is 0 Å². The number of aromatic nitrogens is 2. The third-order valence-electron chi connectivity index (χ3n) is 4.81. The molecule has 0 N–H and O–H groups in total. The fraction of sp³-hybridized carbons (Fsp3) is 0.227. The molecule has 11 heteroatoms. The summed E-state index contributed by atoms with van der Waals surface area (Å²) in [6.45, 7) is 0.998. The number of anilines is 1. The molecule has 4 aromatic rings. The lowest BCUT2D eigenvalue weighted by Crippen LogP contribution is -2.36. The van der Waals surface area contributed by atoms with E-state index in [1.807, 2.05) is 49.3 Å². The first kappa shape index (κ1) is 24.8. The summed E-state index contributed by atoms with van der Waals surface area (Å²) in [5.41, 5.74) is 1.64. The van der Waals surface area contributed by atoms with Gasteiger partial charge in [0.15, 0.2) is 26.4 Å². The monoisotopic (exact) mass is 506 g/mol. The number of carbonyl (C=O) groups is 1. The Bertz CT molecular complexity index is 1370. The highest BCUT2D eigenvalue weighted by molar-refractivity contribution is 7.90. The van der Waals surface area contributed by atoms with Crippen molar-refractivity contribution in [2.24, 2.45) is 0 Å². The van der Waals surface area contributed by atoms with Crippen LogP contribution in [-0.4, -0.2) is 62.8 Å². The summed E-state index contributed by atoms with van der Waals surface area (Å²) >= 11 is 1.27. The predicted molar refractivity (Wildman–Crippen MR) is 132 cm³/mol. The lowest BCUT2D eigenvalue weighted by Gasteiger charge is -2.20. The molecule has 1 amide bonds. The molecule has 0 unspecified atom stereocenters. The zero-order chi connectivity index (χ0) is 22.9. The van der Waals surface area contributed by atoms with Crippen molar-refractivity contribution in [1.29, 1.82) is 0 Å². The van der Waals surface area contributed by atoms with E-state index in [0.717, 1.165) is 11.8 Å². The Morgan fingerprint density at radius 3 is 2.45 bits per heavy atom. The van der Waals surface area contributed by atoms with Gasteiger partial charge in [-0.05, 0) is 32.3 Å². The minimum atomic E-state index is -3.34. The highest BCUT2D eigenvalue weighted by atomic mass is 35.5. The molecule has 33 heavy (non-hydrogen) atoms. The molecule has 0 aliphatic carbocycles. The van der Waals surface area contributed by atoms with Crippen LogP contribution in [0.4, 0.5) is 5.13 Å². The molecule has 0 aliphatic heterocycles. The van der Waals surface area contributed by atoms with Crippen molar-refractivity contribution in [1.82, 2.24) is 15.0 Å². The molecule has 0 bridgehead atoms. The van der Waals surface area contributed by atoms with Crippen molar-refractivity contribution < 1.29 is 17.7 Å². The average molecular weight is 507 g/mol. The predicted octanol–water partition coefficient (Wildman–Crippen LogP) is 3.99. The Kier molecular flexibility index (Phi) is 7.53. The maximum Gasteiger partial charge on any atom is 0.282 e. The lowest BCUT2D eigenvalue weighted by molar-refractivity contribution is 0.0976. The number of amides is 1. The number of halogens is 1. The summed E-state index contributed by atoms with van der Waals surface area (Å²) < 4.78 is 29.9. The molecule has 4 rings (SSSR count). The molecule has 0 saturated carbocycles. The van der Waals surface area contributed by atoms with Crippen LogP contribution in [0.25, 0.3) is 21.5 Å². The largest absolute Gasteiger partial charge is 0.355 e. The van der Waals surface area contributed by atoms with Gasteiger partial charge in [-0.15, -0.1) is 12.4 Å². The number of carbonyl (C=O) groups excluding carboxylic acids is 1. The number of hydrogen-bond donors (Lipinski definition) is 0. The molecule has 0 spiro atoms. The highest BCUT2D eigenvalue weighted by Crippen LogP contribution is 2.32. The second-order valence-electron chi connectivity index (χ2n) is 7.60. The molecule has 2 aromatic heterocycles. The molecule has 0 saturated heterocycles. The highest BCUT2D eigenvalue weighted by Gasteiger charge is 2.25. The van der Waals surface area contributed by atoms with Crippen LogP contribution in [0, 0.1) is 0 Å². The normalized spacial score (nSPS) is 11.5. The second kappa shape index (κ2) is 10.0. The van der Waals surface area contributed by atoms with E-state index in [9.17, 15) is 13.2 Å². The summed E-state index contributed by atoms with van der Waals surface area (Å²) in [4.78, 5) is 21.7. The molecule has 8 nitrogen and oxygen atoms in total. The fourth-order valence-corrected chi connectivity index (χ4v) is 4.83. The Hall–Kier alpha value is -2.79. The number of nitrogens with zero attached hydrogens (tertiary/aromatic N) is 4. The van der Waals surface area contributed by atoms with Gasteiger partial charge in [-0.3, -0.25) is 9.69 Å². The van der Waals surface area contributed by atoms with Gasteiger partial charge in [0.05, 0.1) is 15.1 Å². The summed E-state index contributed by atoms with van der Waals surface area (Å²) in [5, 5.41) is 4.46. The first-order valence-corrected chi connectivity index (χ1v) is 12.5. The van der Waals surface area contributed by atoms with Gasteiger partial charge in [0.25, 0.3) is 5.91 Å². The van der Waals surface area contributed by atoms with Crippen molar-refractivity contribution in [3.05, 3.63) is 60.3 Å². The van der Waals surface area contributed by atoms with E-state index in [4.69, 9.17) is 4.52 Å². The first-order valence-electron chi connectivity index (χ1n) is 9.82. The van der Waals surface area contributed by atoms with Gasteiger partial charge >= 0.3 is 0 Å². The fourth-order valence-electron chi connectivity index (χ4n) is 3.08. The third-order valence-corrected chi connectivity index (χ3v) is 6.96. The molecule has 0 aliphatic rings. The van der Waals surface area contributed by atoms with E-state index in [2.05, 4.69) is 10.1 Å². The van der Waals surface area contributed by atoms with E-state index < -0.39 is 9.84 Å². The Labute approximate surface area is 202 Å². The van der Waals surface area contributed by atoms with E-state index in [0.29, 0.717) is 34.2 Å². The molecular weight excluding hydrogens is 484 g/mol. The van der Waals surface area contributed by atoms with Crippen LogP contribution >= 0.6 is 23.7 Å². The van der Waals surface area contributed by atoms with Crippen molar-refractivity contribution in [2.75, 3.05) is 38.3 Å².